The van der Waals surface area contributed by atoms with Crippen molar-refractivity contribution in [2.75, 3.05) is 10.6 Å². The Morgan fingerprint density at radius 3 is 2.60 bits per heavy atom. The van der Waals surface area contributed by atoms with Crippen molar-refractivity contribution >= 4 is 29.0 Å². The van der Waals surface area contributed by atoms with Crippen LogP contribution in [0, 0.1) is 12.7 Å². The lowest BCUT2D eigenvalue weighted by atomic mass is 10.1. The fourth-order valence-corrected chi connectivity index (χ4v) is 3.88. The van der Waals surface area contributed by atoms with E-state index in [0.717, 1.165) is 43.5 Å². The van der Waals surface area contributed by atoms with Crippen molar-refractivity contribution in [2.45, 2.75) is 58.1 Å². The summed E-state index contributed by atoms with van der Waals surface area (Å²) in [6.45, 7) is 3.63. The van der Waals surface area contributed by atoms with Crippen molar-refractivity contribution in [3.63, 3.8) is 0 Å². The highest BCUT2D eigenvalue weighted by atomic mass is 19.1. The molecule has 2 heterocycles. The summed E-state index contributed by atoms with van der Waals surface area (Å²) in [6.07, 6.45) is 3.94. The topological polar surface area (TPSA) is 97.6 Å². The van der Waals surface area contributed by atoms with Crippen LogP contribution >= 0.6 is 0 Å². The number of nitrogens with one attached hydrogen (secondary N) is 2. The second-order valence-corrected chi connectivity index (χ2v) is 7.85. The summed E-state index contributed by atoms with van der Waals surface area (Å²) in [5, 5.41) is 13.7. The maximum Gasteiger partial charge on any atom is 0.268 e. The summed E-state index contributed by atoms with van der Waals surface area (Å²) in [5.41, 5.74) is 1.79. The monoisotopic (exact) mass is 413 g/mol. The average Bonchev–Trinajstić information content (AvgIpc) is 3.42. The molecule has 1 aliphatic carbocycles. The predicted octanol–water partition coefficient (Wildman–Crippen LogP) is 3.80. The zero-order valence-corrected chi connectivity index (χ0v) is 16.9. The van der Waals surface area contributed by atoms with Gasteiger partial charge in [-0.15, -0.1) is 0 Å². The Hall–Kier alpha value is -3.23. The molecule has 0 spiro atoms. The number of carbonyl (C=O) groups is 2. The minimum atomic E-state index is -0.755. The van der Waals surface area contributed by atoms with E-state index in [1.54, 1.807) is 13.0 Å². The lowest BCUT2D eigenvalue weighted by Crippen LogP contribution is -2.28. The van der Waals surface area contributed by atoms with Gasteiger partial charge in [0.2, 0.25) is 6.10 Å². The Balaban J connectivity index is 1.49. The van der Waals surface area contributed by atoms with E-state index >= 15 is 0 Å². The zero-order chi connectivity index (χ0) is 21.3. The first-order chi connectivity index (χ1) is 14.4. The van der Waals surface area contributed by atoms with E-state index in [-0.39, 0.29) is 17.3 Å². The van der Waals surface area contributed by atoms with Crippen LogP contribution in [0.5, 0.6) is 0 Å². The average molecular weight is 413 g/mol. The molecule has 2 aliphatic rings. The fraction of sp³-hybridized carbons (Fsp3) is 0.429. The summed E-state index contributed by atoms with van der Waals surface area (Å²) < 4.78 is 16.0. The van der Waals surface area contributed by atoms with E-state index in [4.69, 9.17) is 4.84 Å². The van der Waals surface area contributed by atoms with Crippen LogP contribution < -0.4 is 10.6 Å². The van der Waals surface area contributed by atoms with Crippen molar-refractivity contribution in [1.29, 1.82) is 0 Å². The minimum Gasteiger partial charge on any atom is -0.382 e. The highest BCUT2D eigenvalue weighted by Crippen LogP contribution is 2.32. The van der Waals surface area contributed by atoms with Gasteiger partial charge in [0, 0.05) is 23.7 Å². The first-order valence-electron chi connectivity index (χ1n) is 10.1. The fourth-order valence-electron chi connectivity index (χ4n) is 3.88. The second-order valence-electron chi connectivity index (χ2n) is 7.85. The Kier molecular flexibility index (Phi) is 5.52. The molecule has 1 aromatic carbocycles. The maximum atomic E-state index is 14.1. The van der Waals surface area contributed by atoms with E-state index in [1.165, 1.54) is 6.07 Å². The molecule has 2 N–H and O–H groups in total. The number of anilines is 2. The molecule has 30 heavy (non-hydrogen) atoms. The Labute approximate surface area is 173 Å². The van der Waals surface area contributed by atoms with Crippen molar-refractivity contribution < 1.29 is 18.8 Å². The number of aryl methyl sites for hydroxylation is 1. The number of oxime groups is 1. The van der Waals surface area contributed by atoms with Crippen LogP contribution in [0.3, 0.4) is 0 Å². The molecule has 1 atom stereocenters. The van der Waals surface area contributed by atoms with Crippen LogP contribution in [0.2, 0.25) is 0 Å². The summed E-state index contributed by atoms with van der Waals surface area (Å²) in [6, 6.07) is 5.78. The Morgan fingerprint density at radius 1 is 1.13 bits per heavy atom. The number of rotatable bonds is 5. The van der Waals surface area contributed by atoms with Crippen LogP contribution in [0.4, 0.5) is 15.9 Å². The third-order valence-corrected chi connectivity index (χ3v) is 5.31. The van der Waals surface area contributed by atoms with E-state index in [2.05, 4.69) is 20.9 Å². The molecule has 0 saturated heterocycles. The molecule has 1 unspecified atom stereocenters. The van der Waals surface area contributed by atoms with E-state index < -0.39 is 23.7 Å². The zero-order valence-electron chi connectivity index (χ0n) is 16.9. The molecule has 1 aromatic heterocycles. The summed E-state index contributed by atoms with van der Waals surface area (Å²) in [4.78, 5) is 30.1. The first-order valence-corrected chi connectivity index (χ1v) is 10.1. The number of benzene rings is 1. The number of nitrogens with zero attached hydrogens (tertiary/aromatic N) is 3. The predicted molar refractivity (Wildman–Crippen MR) is 110 cm³/mol. The third kappa shape index (κ3) is 4.34. The Bertz CT molecular complexity index is 1010. The molecule has 1 aliphatic heterocycles. The smallest absolute Gasteiger partial charge is 0.268 e. The normalized spacial score (nSPS) is 18.8. The maximum absolute atomic E-state index is 14.1. The van der Waals surface area contributed by atoms with Crippen LogP contribution in [-0.2, 0) is 9.63 Å². The molecule has 2 aromatic rings. The number of halogens is 1. The molecule has 1 saturated carbocycles. The second kappa shape index (κ2) is 8.25. The molecule has 0 bridgehead atoms. The molecule has 158 valence electrons. The van der Waals surface area contributed by atoms with Crippen LogP contribution in [-0.4, -0.2) is 33.4 Å². The molecule has 4 rings (SSSR count). The van der Waals surface area contributed by atoms with E-state index in [9.17, 15) is 14.0 Å². The van der Waals surface area contributed by atoms with E-state index in [1.807, 2.05) is 11.6 Å². The van der Waals surface area contributed by atoms with Crippen molar-refractivity contribution in [1.82, 2.24) is 9.78 Å². The molecule has 1 fully saturated rings. The lowest BCUT2D eigenvalue weighted by molar-refractivity contribution is -0.125. The van der Waals surface area contributed by atoms with Gasteiger partial charge in [-0.05, 0) is 44.9 Å². The number of aromatic nitrogens is 2. The lowest BCUT2D eigenvalue weighted by Gasteiger charge is -2.15. The third-order valence-electron chi connectivity index (χ3n) is 5.31. The summed E-state index contributed by atoms with van der Waals surface area (Å²) in [7, 11) is 0. The van der Waals surface area contributed by atoms with Gasteiger partial charge in [0.15, 0.2) is 0 Å². The van der Waals surface area contributed by atoms with Gasteiger partial charge in [0.25, 0.3) is 11.8 Å². The van der Waals surface area contributed by atoms with Crippen LogP contribution in [0.15, 0.2) is 29.4 Å². The van der Waals surface area contributed by atoms with Crippen molar-refractivity contribution in [3.8, 4) is 0 Å². The van der Waals surface area contributed by atoms with Gasteiger partial charge in [-0.1, -0.05) is 18.0 Å². The molecule has 2 amide bonds. The van der Waals surface area contributed by atoms with Crippen LogP contribution in [0.1, 0.15) is 61.1 Å². The number of hydrogen-bond acceptors (Lipinski definition) is 5. The quantitative estimate of drug-likeness (QED) is 0.779. The van der Waals surface area contributed by atoms with Gasteiger partial charge in [0.1, 0.15) is 11.6 Å². The summed E-state index contributed by atoms with van der Waals surface area (Å²) in [5.74, 6) is -0.952. The molecular weight excluding hydrogens is 389 g/mol. The standard InChI is InChI=1S/C21H24FN5O3/c1-12-8-19(27(25-12)17-5-3-4-6-17)24-20(28)14-9-15(22)11-16(10-14)23-21(29)18-7-13(2)26-30-18/h8-11,17-18H,3-7H2,1-2H3,(H,23,29)(H,24,28). The Morgan fingerprint density at radius 2 is 1.90 bits per heavy atom. The number of hydrogen-bond donors (Lipinski definition) is 2. The van der Waals surface area contributed by atoms with Gasteiger partial charge in [-0.25, -0.2) is 9.07 Å². The highest BCUT2D eigenvalue weighted by Gasteiger charge is 2.27. The minimum absolute atomic E-state index is 0.0990. The van der Waals surface area contributed by atoms with Crippen molar-refractivity contribution in [2.24, 2.45) is 5.16 Å². The van der Waals surface area contributed by atoms with Gasteiger partial charge in [-0.2, -0.15) is 5.10 Å². The highest BCUT2D eigenvalue weighted by molar-refractivity contribution is 6.05. The number of amides is 2. The van der Waals surface area contributed by atoms with Gasteiger partial charge in [-0.3, -0.25) is 9.59 Å². The molecular formula is C21H24FN5O3. The van der Waals surface area contributed by atoms with Crippen LogP contribution in [0.25, 0.3) is 0 Å². The molecule has 0 radical (unpaired) electrons. The van der Waals surface area contributed by atoms with Gasteiger partial charge < -0.3 is 15.5 Å². The molecule has 8 nitrogen and oxygen atoms in total. The largest absolute Gasteiger partial charge is 0.382 e. The number of carbonyl (C=O) groups excluding carboxylic acids is 2. The van der Waals surface area contributed by atoms with E-state index in [0.29, 0.717) is 18.0 Å². The summed E-state index contributed by atoms with van der Waals surface area (Å²) >= 11 is 0. The SMILES string of the molecule is CC1=NOC(C(=O)Nc2cc(F)cc(C(=O)Nc3cc(C)nn3C3CCCC3)c2)C1. The van der Waals surface area contributed by atoms with Gasteiger partial charge >= 0.3 is 0 Å². The van der Waals surface area contributed by atoms with Crippen molar-refractivity contribution in [3.05, 3.63) is 41.3 Å². The first kappa shape index (κ1) is 20.1. The molecule has 9 heteroatoms. The van der Waals surface area contributed by atoms with Gasteiger partial charge in [0.05, 0.1) is 17.4 Å².